The molecule has 2 aromatic rings. The predicted molar refractivity (Wildman–Crippen MR) is 103 cm³/mol. The van der Waals surface area contributed by atoms with E-state index >= 15 is 0 Å². The zero-order valence-corrected chi connectivity index (χ0v) is 15.9. The van der Waals surface area contributed by atoms with Crippen LogP contribution in [0, 0.1) is 0 Å². The SMILES string of the molecule is CN=C(NCc1nc(-c2cccc(Cl)c2)no1)NC1CCC(SC)C1. The molecule has 8 heteroatoms. The third-order valence-electron chi connectivity index (χ3n) is 4.24. The predicted octanol–water partition coefficient (Wildman–Crippen LogP) is 3.34. The number of halogens is 1. The summed E-state index contributed by atoms with van der Waals surface area (Å²) < 4.78 is 5.31. The van der Waals surface area contributed by atoms with Gasteiger partial charge < -0.3 is 15.2 Å². The van der Waals surface area contributed by atoms with E-state index in [0.29, 0.717) is 29.3 Å². The largest absolute Gasteiger partial charge is 0.354 e. The summed E-state index contributed by atoms with van der Waals surface area (Å²) in [6, 6.07) is 7.85. The highest BCUT2D eigenvalue weighted by atomic mass is 35.5. The second-order valence-corrected chi connectivity index (χ2v) is 7.53. The summed E-state index contributed by atoms with van der Waals surface area (Å²) in [5, 5.41) is 12.1. The molecule has 1 aliphatic rings. The molecule has 2 atom stereocenters. The summed E-state index contributed by atoms with van der Waals surface area (Å²) in [5.74, 6) is 1.79. The van der Waals surface area contributed by atoms with Gasteiger partial charge in [-0.25, -0.2) is 0 Å². The molecule has 1 saturated carbocycles. The van der Waals surface area contributed by atoms with Crippen molar-refractivity contribution < 1.29 is 4.52 Å². The van der Waals surface area contributed by atoms with Crippen LogP contribution in [0.1, 0.15) is 25.2 Å². The van der Waals surface area contributed by atoms with Gasteiger partial charge in [0.2, 0.25) is 11.7 Å². The number of aromatic nitrogens is 2. The van der Waals surface area contributed by atoms with Crippen LogP contribution in [0.25, 0.3) is 11.4 Å². The third kappa shape index (κ3) is 4.89. The number of thioether (sulfide) groups is 1. The molecule has 25 heavy (non-hydrogen) atoms. The van der Waals surface area contributed by atoms with E-state index < -0.39 is 0 Å². The second kappa shape index (κ2) is 8.58. The number of hydrogen-bond acceptors (Lipinski definition) is 5. The minimum absolute atomic E-state index is 0.423. The molecule has 1 heterocycles. The Labute approximate surface area is 156 Å². The molecule has 0 saturated heterocycles. The molecule has 1 aromatic heterocycles. The molecule has 1 fully saturated rings. The van der Waals surface area contributed by atoms with Gasteiger partial charge in [-0.1, -0.05) is 28.9 Å². The molecule has 0 amide bonds. The topological polar surface area (TPSA) is 75.3 Å². The summed E-state index contributed by atoms with van der Waals surface area (Å²) in [5.41, 5.74) is 0.832. The van der Waals surface area contributed by atoms with Crippen LogP contribution in [0.3, 0.4) is 0 Å². The number of guanidine groups is 1. The zero-order valence-electron chi connectivity index (χ0n) is 14.3. The average Bonchev–Trinajstić information content (AvgIpc) is 3.28. The Morgan fingerprint density at radius 2 is 2.32 bits per heavy atom. The van der Waals surface area contributed by atoms with Crippen molar-refractivity contribution in [1.82, 2.24) is 20.8 Å². The third-order valence-corrected chi connectivity index (χ3v) is 5.57. The number of nitrogens with one attached hydrogen (secondary N) is 2. The van der Waals surface area contributed by atoms with Gasteiger partial charge in [-0.15, -0.1) is 0 Å². The summed E-state index contributed by atoms with van der Waals surface area (Å²) in [4.78, 5) is 8.67. The lowest BCUT2D eigenvalue weighted by atomic mass is 10.2. The van der Waals surface area contributed by atoms with Crippen LogP contribution in [-0.2, 0) is 6.54 Å². The van der Waals surface area contributed by atoms with Crippen molar-refractivity contribution in [3.05, 3.63) is 35.2 Å². The van der Waals surface area contributed by atoms with Gasteiger partial charge in [0.1, 0.15) is 0 Å². The van der Waals surface area contributed by atoms with Crippen molar-refractivity contribution in [2.45, 2.75) is 37.1 Å². The Kier molecular flexibility index (Phi) is 6.20. The van der Waals surface area contributed by atoms with Gasteiger partial charge >= 0.3 is 0 Å². The highest BCUT2D eigenvalue weighted by Crippen LogP contribution is 2.28. The Balaban J connectivity index is 1.54. The van der Waals surface area contributed by atoms with E-state index in [0.717, 1.165) is 16.8 Å². The lowest BCUT2D eigenvalue weighted by Crippen LogP contribution is -2.42. The van der Waals surface area contributed by atoms with Crippen molar-refractivity contribution in [3.8, 4) is 11.4 Å². The van der Waals surface area contributed by atoms with Crippen LogP contribution < -0.4 is 10.6 Å². The van der Waals surface area contributed by atoms with Crippen molar-refractivity contribution in [1.29, 1.82) is 0 Å². The first-order valence-electron chi connectivity index (χ1n) is 8.26. The van der Waals surface area contributed by atoms with Gasteiger partial charge in [0.15, 0.2) is 5.96 Å². The number of nitrogens with zero attached hydrogens (tertiary/aromatic N) is 3. The van der Waals surface area contributed by atoms with E-state index in [1.165, 1.54) is 19.3 Å². The number of benzene rings is 1. The van der Waals surface area contributed by atoms with Crippen LogP contribution in [0.2, 0.25) is 5.02 Å². The standard InChI is InChI=1S/C17H22ClN5OS/c1-19-17(21-13-6-7-14(9-13)25-2)20-10-15-22-16(23-24-15)11-4-3-5-12(18)8-11/h3-5,8,13-14H,6-7,9-10H2,1-2H3,(H2,19,20,21). The summed E-state index contributed by atoms with van der Waals surface area (Å²) in [6.07, 6.45) is 5.77. The Morgan fingerprint density at radius 3 is 3.04 bits per heavy atom. The number of hydrogen-bond donors (Lipinski definition) is 2. The molecule has 1 aromatic carbocycles. The van der Waals surface area contributed by atoms with E-state index in [1.54, 1.807) is 7.05 Å². The molecule has 6 nitrogen and oxygen atoms in total. The van der Waals surface area contributed by atoms with Crippen molar-refractivity contribution in [3.63, 3.8) is 0 Å². The molecule has 2 unspecified atom stereocenters. The first-order chi connectivity index (χ1) is 12.2. The molecule has 0 bridgehead atoms. The van der Waals surface area contributed by atoms with Gasteiger partial charge in [0.25, 0.3) is 0 Å². The minimum atomic E-state index is 0.423. The van der Waals surface area contributed by atoms with Crippen LogP contribution in [0.15, 0.2) is 33.8 Å². The first kappa shape index (κ1) is 18.1. The van der Waals surface area contributed by atoms with Crippen LogP contribution >= 0.6 is 23.4 Å². The summed E-state index contributed by atoms with van der Waals surface area (Å²) in [7, 11) is 1.77. The lowest BCUT2D eigenvalue weighted by molar-refractivity contribution is 0.375. The Bertz CT molecular complexity index is 735. The smallest absolute Gasteiger partial charge is 0.246 e. The van der Waals surface area contributed by atoms with Gasteiger partial charge in [-0.2, -0.15) is 16.7 Å². The van der Waals surface area contributed by atoms with Gasteiger partial charge in [-0.3, -0.25) is 4.99 Å². The van der Waals surface area contributed by atoms with E-state index in [2.05, 4.69) is 32.0 Å². The average molecular weight is 380 g/mol. The summed E-state index contributed by atoms with van der Waals surface area (Å²) >= 11 is 7.94. The van der Waals surface area contributed by atoms with E-state index in [-0.39, 0.29) is 0 Å². The van der Waals surface area contributed by atoms with Gasteiger partial charge in [-0.05, 0) is 37.7 Å². The molecular weight excluding hydrogens is 358 g/mol. The van der Waals surface area contributed by atoms with Gasteiger partial charge in [0, 0.05) is 28.9 Å². The lowest BCUT2D eigenvalue weighted by Gasteiger charge is -2.16. The van der Waals surface area contributed by atoms with E-state index in [9.17, 15) is 0 Å². The highest BCUT2D eigenvalue weighted by molar-refractivity contribution is 7.99. The first-order valence-corrected chi connectivity index (χ1v) is 9.93. The minimum Gasteiger partial charge on any atom is -0.354 e. The van der Waals surface area contributed by atoms with Crippen LogP contribution in [0.4, 0.5) is 0 Å². The molecule has 0 aliphatic heterocycles. The molecule has 134 valence electrons. The van der Waals surface area contributed by atoms with Crippen LogP contribution in [0.5, 0.6) is 0 Å². The monoisotopic (exact) mass is 379 g/mol. The number of aliphatic imine (C=N–C) groups is 1. The van der Waals surface area contributed by atoms with Crippen molar-refractivity contribution in [2.24, 2.45) is 4.99 Å². The normalized spacial score (nSPS) is 20.7. The van der Waals surface area contributed by atoms with E-state index in [4.69, 9.17) is 16.1 Å². The molecule has 2 N–H and O–H groups in total. The molecular formula is C17H22ClN5OS. The van der Waals surface area contributed by atoms with Crippen molar-refractivity contribution >= 4 is 29.3 Å². The van der Waals surface area contributed by atoms with Crippen molar-refractivity contribution in [2.75, 3.05) is 13.3 Å². The maximum absolute atomic E-state index is 6.00. The molecule has 3 rings (SSSR count). The Hall–Kier alpha value is -1.73. The second-order valence-electron chi connectivity index (χ2n) is 5.96. The fraction of sp³-hybridized carbons (Fsp3) is 0.471. The van der Waals surface area contributed by atoms with Crippen LogP contribution in [-0.4, -0.2) is 40.7 Å². The Morgan fingerprint density at radius 1 is 1.44 bits per heavy atom. The molecule has 0 spiro atoms. The molecule has 1 aliphatic carbocycles. The highest BCUT2D eigenvalue weighted by Gasteiger charge is 2.24. The fourth-order valence-corrected chi connectivity index (χ4v) is 3.89. The quantitative estimate of drug-likeness (QED) is 0.613. The maximum Gasteiger partial charge on any atom is 0.246 e. The zero-order chi connectivity index (χ0) is 17.6. The number of rotatable bonds is 5. The fourth-order valence-electron chi connectivity index (χ4n) is 2.90. The maximum atomic E-state index is 6.00. The van der Waals surface area contributed by atoms with Gasteiger partial charge in [0.05, 0.1) is 6.54 Å². The molecule has 0 radical (unpaired) electrons. The summed E-state index contributed by atoms with van der Waals surface area (Å²) in [6.45, 7) is 0.423. The van der Waals surface area contributed by atoms with E-state index in [1.807, 2.05) is 36.0 Å².